The number of benzene rings is 2. The number of alkyl halides is 1. The van der Waals surface area contributed by atoms with Crippen LogP contribution in [0.4, 0.5) is 4.39 Å². The molecule has 0 aliphatic carbocycles. The van der Waals surface area contributed by atoms with Gasteiger partial charge in [0.2, 0.25) is 5.91 Å². The number of hydrogen-bond acceptors (Lipinski definition) is 4. The molecule has 0 bridgehead atoms. The quantitative estimate of drug-likeness (QED) is 0.297. The number of hydrogen-bond donors (Lipinski definition) is 0. The Bertz CT molecular complexity index is 1080. The molecule has 0 unspecified atom stereocenters. The zero-order valence-corrected chi connectivity index (χ0v) is 20.4. The summed E-state index contributed by atoms with van der Waals surface area (Å²) in [5.41, 5.74) is 1.57. The van der Waals surface area contributed by atoms with Crippen molar-refractivity contribution in [3.8, 4) is 0 Å². The average Bonchev–Trinajstić information content (AvgIpc) is 3.14. The number of carbonyl (C=O) groups excluding carboxylic acids is 3. The van der Waals surface area contributed by atoms with E-state index in [-0.39, 0.29) is 23.5 Å². The number of carbonyl (C=O) groups is 3. The fraction of sp³-hybridized carbons (Fsp3) is 0.346. The van der Waals surface area contributed by atoms with Gasteiger partial charge in [-0.3, -0.25) is 9.59 Å². The molecule has 5 nitrogen and oxygen atoms in total. The predicted molar refractivity (Wildman–Crippen MR) is 130 cm³/mol. The maximum absolute atomic E-state index is 12.5. The van der Waals surface area contributed by atoms with Crippen molar-refractivity contribution < 1.29 is 23.5 Å². The van der Waals surface area contributed by atoms with Gasteiger partial charge in [0, 0.05) is 73.0 Å². The molecular weight excluding hydrogens is 480 g/mol. The van der Waals surface area contributed by atoms with Gasteiger partial charge >= 0.3 is 5.97 Å². The molecule has 0 atom stereocenters. The van der Waals surface area contributed by atoms with Gasteiger partial charge in [-0.15, -0.1) is 11.6 Å². The SMILES string of the molecule is CC(=O)N1CCC2(CC1)OC(=O)C=C2c1ccccc1Cl.O=C(CCCCl)c1ccc(F)cc1. The molecular formula is C26H26Cl2FNO4. The summed E-state index contributed by atoms with van der Waals surface area (Å²) in [6, 6.07) is 13.0. The summed E-state index contributed by atoms with van der Waals surface area (Å²) in [6.45, 7) is 2.73. The maximum atomic E-state index is 12.5. The summed E-state index contributed by atoms with van der Waals surface area (Å²) in [5.74, 6) is -0.111. The Hall–Kier alpha value is -2.70. The highest BCUT2D eigenvalue weighted by molar-refractivity contribution is 6.32. The Morgan fingerprint density at radius 3 is 2.32 bits per heavy atom. The minimum Gasteiger partial charge on any atom is -0.451 e. The van der Waals surface area contributed by atoms with Crippen LogP contribution in [0, 0.1) is 5.82 Å². The van der Waals surface area contributed by atoms with Crippen molar-refractivity contribution in [2.45, 2.75) is 38.2 Å². The molecule has 1 saturated heterocycles. The summed E-state index contributed by atoms with van der Waals surface area (Å²) in [7, 11) is 0. The Labute approximate surface area is 208 Å². The van der Waals surface area contributed by atoms with Crippen LogP contribution in [0.1, 0.15) is 48.5 Å². The summed E-state index contributed by atoms with van der Waals surface area (Å²) in [6.07, 6.45) is 3.84. The van der Waals surface area contributed by atoms with Crippen molar-refractivity contribution in [2.75, 3.05) is 19.0 Å². The third kappa shape index (κ3) is 6.24. The summed E-state index contributed by atoms with van der Waals surface area (Å²) < 4.78 is 18.1. The van der Waals surface area contributed by atoms with Gasteiger partial charge in [-0.25, -0.2) is 9.18 Å². The molecule has 0 radical (unpaired) electrons. The maximum Gasteiger partial charge on any atom is 0.332 e. The van der Waals surface area contributed by atoms with Gasteiger partial charge in [-0.1, -0.05) is 29.8 Å². The first-order chi connectivity index (χ1) is 16.3. The standard InChI is InChI=1S/C16H16ClNO3.C10H10ClFO/c1-11(19)18-8-6-16(7-9-18)13(10-15(20)21-16)12-4-2-3-5-14(12)17;11-7-1-2-10(13)8-3-5-9(12)6-4-8/h2-5,10H,6-9H2,1H3;3-6H,1-2,7H2. The van der Waals surface area contributed by atoms with Crippen LogP contribution in [-0.2, 0) is 14.3 Å². The molecule has 2 aliphatic heterocycles. The Morgan fingerprint density at radius 2 is 1.74 bits per heavy atom. The Balaban J connectivity index is 0.000000215. The van der Waals surface area contributed by atoms with E-state index in [0.717, 1.165) is 11.1 Å². The highest BCUT2D eigenvalue weighted by Gasteiger charge is 2.46. The highest BCUT2D eigenvalue weighted by Crippen LogP contribution is 2.44. The van der Waals surface area contributed by atoms with Crippen LogP contribution < -0.4 is 0 Å². The van der Waals surface area contributed by atoms with Crippen LogP contribution in [0.15, 0.2) is 54.6 Å². The molecule has 1 fully saturated rings. The third-order valence-electron chi connectivity index (χ3n) is 5.93. The van der Waals surface area contributed by atoms with Crippen molar-refractivity contribution in [1.82, 2.24) is 4.90 Å². The fourth-order valence-electron chi connectivity index (χ4n) is 4.09. The van der Waals surface area contributed by atoms with E-state index in [1.807, 2.05) is 18.2 Å². The van der Waals surface area contributed by atoms with E-state index < -0.39 is 5.60 Å². The Morgan fingerprint density at radius 1 is 1.09 bits per heavy atom. The first-order valence-corrected chi connectivity index (χ1v) is 12.0. The molecule has 2 aromatic carbocycles. The number of nitrogens with zero attached hydrogens (tertiary/aromatic N) is 1. The summed E-state index contributed by atoms with van der Waals surface area (Å²) >= 11 is 11.7. The van der Waals surface area contributed by atoms with Gasteiger partial charge in [0.25, 0.3) is 0 Å². The second kappa shape index (κ2) is 11.6. The summed E-state index contributed by atoms with van der Waals surface area (Å²) in [4.78, 5) is 36.4. The molecule has 2 heterocycles. The lowest BCUT2D eigenvalue weighted by molar-refractivity contribution is -0.149. The number of rotatable bonds is 5. The lowest BCUT2D eigenvalue weighted by Gasteiger charge is -2.39. The number of halogens is 3. The molecule has 0 aromatic heterocycles. The topological polar surface area (TPSA) is 63.7 Å². The lowest BCUT2D eigenvalue weighted by atomic mass is 9.81. The molecule has 8 heteroatoms. The van der Waals surface area contributed by atoms with Crippen molar-refractivity contribution >= 4 is 46.4 Å². The minimum atomic E-state index is -0.645. The first-order valence-electron chi connectivity index (χ1n) is 11.1. The number of likely N-dealkylation sites (tertiary alicyclic amines) is 1. The number of ether oxygens (including phenoxy) is 1. The number of ketones is 1. The number of Topliss-reactive ketones (excluding diaryl/α,β-unsaturated/α-hetero) is 1. The van der Waals surface area contributed by atoms with E-state index in [0.29, 0.717) is 55.2 Å². The molecule has 4 rings (SSSR count). The van der Waals surface area contributed by atoms with E-state index in [4.69, 9.17) is 27.9 Å². The van der Waals surface area contributed by atoms with E-state index in [9.17, 15) is 18.8 Å². The van der Waals surface area contributed by atoms with Gasteiger partial charge in [-0.05, 0) is 36.8 Å². The zero-order valence-electron chi connectivity index (χ0n) is 18.9. The highest BCUT2D eigenvalue weighted by atomic mass is 35.5. The largest absolute Gasteiger partial charge is 0.451 e. The van der Waals surface area contributed by atoms with Crippen molar-refractivity contribution in [1.29, 1.82) is 0 Å². The van der Waals surface area contributed by atoms with Gasteiger partial charge in [-0.2, -0.15) is 0 Å². The van der Waals surface area contributed by atoms with Crippen molar-refractivity contribution in [2.24, 2.45) is 0 Å². The van der Waals surface area contributed by atoms with Crippen LogP contribution >= 0.6 is 23.2 Å². The molecule has 2 aliphatic rings. The molecule has 34 heavy (non-hydrogen) atoms. The minimum absolute atomic E-state index is 0.0145. The van der Waals surface area contributed by atoms with Crippen molar-refractivity contribution in [3.05, 3.63) is 76.6 Å². The molecule has 2 aromatic rings. The summed E-state index contributed by atoms with van der Waals surface area (Å²) in [5, 5.41) is 0.607. The van der Waals surface area contributed by atoms with Crippen LogP contribution in [-0.4, -0.2) is 47.1 Å². The monoisotopic (exact) mass is 505 g/mol. The molecule has 0 saturated carbocycles. The lowest BCUT2D eigenvalue weighted by Crippen LogP contribution is -2.47. The van der Waals surface area contributed by atoms with E-state index in [1.165, 1.54) is 30.3 Å². The normalized spacial score (nSPS) is 16.4. The van der Waals surface area contributed by atoms with Gasteiger partial charge in [0.15, 0.2) is 5.78 Å². The predicted octanol–water partition coefficient (Wildman–Crippen LogP) is 5.69. The van der Waals surface area contributed by atoms with Crippen LogP contribution in [0.3, 0.4) is 0 Å². The molecule has 180 valence electrons. The first kappa shape index (κ1) is 25.9. The van der Waals surface area contributed by atoms with Gasteiger partial charge < -0.3 is 9.64 Å². The second-order valence-corrected chi connectivity index (χ2v) is 8.97. The Kier molecular flexibility index (Phi) is 8.86. The molecule has 1 spiro atoms. The van der Waals surface area contributed by atoms with Crippen molar-refractivity contribution in [3.63, 3.8) is 0 Å². The van der Waals surface area contributed by atoms with Crippen LogP contribution in [0.5, 0.6) is 0 Å². The zero-order chi connectivity index (χ0) is 24.7. The molecule has 0 N–H and O–H groups in total. The second-order valence-electron chi connectivity index (χ2n) is 8.18. The van der Waals surface area contributed by atoms with Crippen LogP contribution in [0.25, 0.3) is 5.57 Å². The smallest absolute Gasteiger partial charge is 0.332 e. The number of piperidine rings is 1. The number of esters is 1. The van der Waals surface area contributed by atoms with Crippen LogP contribution in [0.2, 0.25) is 5.02 Å². The average molecular weight is 506 g/mol. The number of amides is 1. The molecule has 1 amide bonds. The van der Waals surface area contributed by atoms with E-state index in [1.54, 1.807) is 17.9 Å². The van der Waals surface area contributed by atoms with E-state index in [2.05, 4.69) is 0 Å². The van der Waals surface area contributed by atoms with E-state index >= 15 is 0 Å². The fourth-order valence-corrected chi connectivity index (χ4v) is 4.46. The third-order valence-corrected chi connectivity index (χ3v) is 6.53. The van der Waals surface area contributed by atoms with Gasteiger partial charge in [0.1, 0.15) is 11.4 Å². The van der Waals surface area contributed by atoms with Gasteiger partial charge in [0.05, 0.1) is 0 Å².